The van der Waals surface area contributed by atoms with Crippen LogP contribution in [0, 0.1) is 0 Å². The number of urea groups is 1. The molecule has 96 valence electrons. The van der Waals surface area contributed by atoms with E-state index >= 15 is 0 Å². The smallest absolute Gasteiger partial charge is 0.329 e. The maximum Gasteiger partial charge on any atom is 0.329 e. The van der Waals surface area contributed by atoms with E-state index in [-0.39, 0.29) is 0 Å². The van der Waals surface area contributed by atoms with Gasteiger partial charge in [0.15, 0.2) is 0 Å². The maximum atomic E-state index is 11.4. The SMILES string of the molecule is C=CCN(CC)C(=O)NC(=O)COCC(=O)O. The Morgan fingerprint density at radius 3 is 2.53 bits per heavy atom. The summed E-state index contributed by atoms with van der Waals surface area (Å²) in [6.07, 6.45) is 1.54. The highest BCUT2D eigenvalue weighted by Gasteiger charge is 2.13. The van der Waals surface area contributed by atoms with E-state index in [1.54, 1.807) is 6.92 Å². The van der Waals surface area contributed by atoms with E-state index in [9.17, 15) is 14.4 Å². The summed E-state index contributed by atoms with van der Waals surface area (Å²) in [5.41, 5.74) is 0. The summed E-state index contributed by atoms with van der Waals surface area (Å²) in [5, 5.41) is 10.3. The van der Waals surface area contributed by atoms with Crippen LogP contribution >= 0.6 is 0 Å². The molecule has 0 bridgehead atoms. The molecule has 2 N–H and O–H groups in total. The number of ether oxygens (including phenoxy) is 1. The summed E-state index contributed by atoms with van der Waals surface area (Å²) in [6.45, 7) is 4.95. The van der Waals surface area contributed by atoms with Crippen molar-refractivity contribution in [3.05, 3.63) is 12.7 Å². The molecule has 0 heterocycles. The van der Waals surface area contributed by atoms with Crippen molar-refractivity contribution in [3.8, 4) is 0 Å². The van der Waals surface area contributed by atoms with E-state index < -0.39 is 31.1 Å². The Hall–Kier alpha value is -1.89. The monoisotopic (exact) mass is 244 g/mol. The van der Waals surface area contributed by atoms with Gasteiger partial charge in [0.1, 0.15) is 13.2 Å². The number of carboxylic acid groups (broad SMARTS) is 1. The second-order valence-corrected chi connectivity index (χ2v) is 3.07. The summed E-state index contributed by atoms with van der Waals surface area (Å²) in [7, 11) is 0. The molecule has 0 aliphatic carbocycles. The van der Waals surface area contributed by atoms with Crippen molar-refractivity contribution in [2.75, 3.05) is 26.3 Å². The van der Waals surface area contributed by atoms with Crippen LogP contribution in [0.3, 0.4) is 0 Å². The van der Waals surface area contributed by atoms with E-state index in [0.29, 0.717) is 13.1 Å². The van der Waals surface area contributed by atoms with E-state index in [4.69, 9.17) is 5.11 Å². The molecule has 0 saturated carbocycles. The summed E-state index contributed by atoms with van der Waals surface area (Å²) >= 11 is 0. The van der Waals surface area contributed by atoms with Gasteiger partial charge in [0.2, 0.25) is 0 Å². The Morgan fingerprint density at radius 1 is 1.41 bits per heavy atom. The lowest BCUT2D eigenvalue weighted by atomic mass is 10.5. The number of carbonyl (C=O) groups is 3. The molecule has 0 fully saturated rings. The fraction of sp³-hybridized carbons (Fsp3) is 0.500. The zero-order chi connectivity index (χ0) is 13.3. The van der Waals surface area contributed by atoms with Crippen molar-refractivity contribution in [1.82, 2.24) is 10.2 Å². The largest absolute Gasteiger partial charge is 0.480 e. The van der Waals surface area contributed by atoms with Gasteiger partial charge in [-0.05, 0) is 6.92 Å². The molecule has 17 heavy (non-hydrogen) atoms. The normalized spacial score (nSPS) is 9.47. The molecule has 0 saturated heterocycles. The first-order chi connectivity index (χ1) is 8.01. The molecule has 0 aromatic carbocycles. The quantitative estimate of drug-likeness (QED) is 0.606. The first-order valence-corrected chi connectivity index (χ1v) is 5.00. The predicted octanol–water partition coefficient (Wildman–Crippen LogP) is -0.168. The summed E-state index contributed by atoms with van der Waals surface area (Å²) in [5.74, 6) is -1.86. The van der Waals surface area contributed by atoms with Crippen LogP contribution < -0.4 is 5.32 Å². The van der Waals surface area contributed by atoms with Crippen molar-refractivity contribution < 1.29 is 24.2 Å². The zero-order valence-electron chi connectivity index (χ0n) is 9.64. The van der Waals surface area contributed by atoms with E-state index in [1.807, 2.05) is 0 Å². The average molecular weight is 244 g/mol. The molecule has 0 radical (unpaired) electrons. The van der Waals surface area contributed by atoms with E-state index in [1.165, 1.54) is 11.0 Å². The van der Waals surface area contributed by atoms with Crippen LogP contribution in [-0.4, -0.2) is 54.2 Å². The van der Waals surface area contributed by atoms with Crippen LogP contribution in [0.15, 0.2) is 12.7 Å². The highest BCUT2D eigenvalue weighted by atomic mass is 16.5. The minimum absolute atomic E-state index is 0.325. The molecule has 3 amide bonds. The summed E-state index contributed by atoms with van der Waals surface area (Å²) < 4.78 is 4.53. The van der Waals surface area contributed by atoms with Gasteiger partial charge in [-0.2, -0.15) is 0 Å². The minimum atomic E-state index is -1.18. The number of rotatable bonds is 7. The Bertz CT molecular complexity index is 303. The standard InChI is InChI=1S/C10H16N2O5/c1-3-5-12(4-2)10(16)11-8(13)6-17-7-9(14)15/h3H,1,4-7H2,2H3,(H,14,15)(H,11,13,16). The van der Waals surface area contributed by atoms with Gasteiger partial charge in [0, 0.05) is 13.1 Å². The van der Waals surface area contributed by atoms with Crippen LogP contribution in [0.1, 0.15) is 6.92 Å². The van der Waals surface area contributed by atoms with Crippen LogP contribution in [0.5, 0.6) is 0 Å². The molecule has 0 aliphatic heterocycles. The molecule has 7 heteroatoms. The number of carboxylic acids is 1. The van der Waals surface area contributed by atoms with Crippen LogP contribution in [-0.2, 0) is 14.3 Å². The molecular formula is C10H16N2O5. The van der Waals surface area contributed by atoms with Gasteiger partial charge in [-0.25, -0.2) is 9.59 Å². The van der Waals surface area contributed by atoms with Crippen molar-refractivity contribution in [2.24, 2.45) is 0 Å². The number of amides is 3. The fourth-order valence-electron chi connectivity index (χ4n) is 0.977. The number of aliphatic carboxylic acids is 1. The van der Waals surface area contributed by atoms with Gasteiger partial charge < -0.3 is 14.7 Å². The molecule has 0 unspecified atom stereocenters. The lowest BCUT2D eigenvalue weighted by molar-refractivity contribution is -0.143. The minimum Gasteiger partial charge on any atom is -0.480 e. The first-order valence-electron chi connectivity index (χ1n) is 5.00. The van der Waals surface area contributed by atoms with Gasteiger partial charge in [0.05, 0.1) is 0 Å². The van der Waals surface area contributed by atoms with Crippen molar-refractivity contribution in [2.45, 2.75) is 6.92 Å². The number of likely N-dealkylation sites (N-methyl/N-ethyl adjacent to an activating group) is 1. The van der Waals surface area contributed by atoms with Gasteiger partial charge in [-0.15, -0.1) is 6.58 Å². The van der Waals surface area contributed by atoms with Crippen molar-refractivity contribution in [1.29, 1.82) is 0 Å². The molecule has 7 nitrogen and oxygen atoms in total. The van der Waals surface area contributed by atoms with Gasteiger partial charge in [0.25, 0.3) is 5.91 Å². The van der Waals surface area contributed by atoms with E-state index in [2.05, 4.69) is 16.6 Å². The summed E-state index contributed by atoms with van der Waals surface area (Å²) in [6, 6.07) is -0.559. The molecule has 0 rings (SSSR count). The van der Waals surface area contributed by atoms with Crippen molar-refractivity contribution in [3.63, 3.8) is 0 Å². The number of imide groups is 1. The third-order valence-electron chi connectivity index (χ3n) is 1.72. The first kappa shape index (κ1) is 15.1. The van der Waals surface area contributed by atoms with Gasteiger partial charge in [-0.1, -0.05) is 6.08 Å². The fourth-order valence-corrected chi connectivity index (χ4v) is 0.977. The average Bonchev–Trinajstić information content (AvgIpc) is 2.24. The number of carbonyl (C=O) groups excluding carboxylic acids is 2. The molecule has 0 aliphatic rings. The lowest BCUT2D eigenvalue weighted by Gasteiger charge is -2.18. The number of nitrogens with zero attached hydrogens (tertiary/aromatic N) is 1. The molecule has 0 atom stereocenters. The maximum absolute atomic E-state index is 11.4. The number of nitrogens with one attached hydrogen (secondary N) is 1. The van der Waals surface area contributed by atoms with Crippen LogP contribution in [0.25, 0.3) is 0 Å². The van der Waals surface area contributed by atoms with Gasteiger partial charge >= 0.3 is 12.0 Å². The Balaban J connectivity index is 3.97. The second kappa shape index (κ2) is 8.28. The lowest BCUT2D eigenvalue weighted by Crippen LogP contribution is -2.44. The Kier molecular flexibility index (Phi) is 7.36. The number of hydrogen-bond acceptors (Lipinski definition) is 4. The highest BCUT2D eigenvalue weighted by molar-refractivity contribution is 5.95. The number of hydrogen-bond donors (Lipinski definition) is 2. The molecule has 0 spiro atoms. The third kappa shape index (κ3) is 7.07. The molecule has 0 aromatic rings. The van der Waals surface area contributed by atoms with Crippen molar-refractivity contribution >= 4 is 17.9 Å². The topological polar surface area (TPSA) is 95.9 Å². The second-order valence-electron chi connectivity index (χ2n) is 3.07. The molecule has 0 aromatic heterocycles. The van der Waals surface area contributed by atoms with Crippen LogP contribution in [0.2, 0.25) is 0 Å². The highest BCUT2D eigenvalue weighted by Crippen LogP contribution is 1.89. The van der Waals surface area contributed by atoms with E-state index in [0.717, 1.165) is 0 Å². The predicted molar refractivity (Wildman–Crippen MR) is 59.4 cm³/mol. The van der Waals surface area contributed by atoms with Crippen LogP contribution in [0.4, 0.5) is 4.79 Å². The van der Waals surface area contributed by atoms with Gasteiger partial charge in [-0.3, -0.25) is 10.1 Å². The Morgan fingerprint density at radius 2 is 2.06 bits per heavy atom. The zero-order valence-corrected chi connectivity index (χ0v) is 9.64. The third-order valence-corrected chi connectivity index (χ3v) is 1.72. The Labute approximate surface area is 99.0 Å². The summed E-state index contributed by atoms with van der Waals surface area (Å²) in [4.78, 5) is 34.1. The molecular weight excluding hydrogens is 228 g/mol.